The molecular weight excluding hydrogens is 436 g/mol. The van der Waals surface area contributed by atoms with Gasteiger partial charge in [0.1, 0.15) is 6.04 Å². The molecular formula is C22H18N2O5S2. The van der Waals surface area contributed by atoms with Gasteiger partial charge in [-0.25, -0.2) is 9.79 Å². The Morgan fingerprint density at radius 1 is 1.32 bits per heavy atom. The number of carbonyl (C=O) groups is 1. The topological polar surface area (TPSA) is 79.1 Å². The molecule has 0 radical (unpaired) electrons. The van der Waals surface area contributed by atoms with Crippen LogP contribution in [0, 0.1) is 0 Å². The van der Waals surface area contributed by atoms with Gasteiger partial charge in [-0.3, -0.25) is 9.36 Å². The standard InChI is InChI=1S/C22H18N2O5S2/c1-3-27-21(26)18-12(2)23-22-24(19(18)16-5-4-8-30-16)20(25)17(31-22)10-13-6-7-14-15(9-13)29-11-28-14/h4-10,19H,3,11H2,1-2H3/t19-/m0/s1. The molecule has 0 fully saturated rings. The molecule has 2 aromatic heterocycles. The summed E-state index contributed by atoms with van der Waals surface area (Å²) in [4.78, 5) is 32.2. The number of hydrogen-bond acceptors (Lipinski definition) is 8. The monoisotopic (exact) mass is 454 g/mol. The first kappa shape index (κ1) is 19.8. The molecule has 0 saturated heterocycles. The lowest BCUT2D eigenvalue weighted by molar-refractivity contribution is -0.139. The lowest BCUT2D eigenvalue weighted by atomic mass is 10.0. The van der Waals surface area contributed by atoms with Gasteiger partial charge in [0.05, 0.1) is 22.4 Å². The maximum atomic E-state index is 13.4. The van der Waals surface area contributed by atoms with Crippen molar-refractivity contribution in [2.45, 2.75) is 19.9 Å². The van der Waals surface area contributed by atoms with E-state index in [-0.39, 0.29) is 19.0 Å². The molecule has 0 spiro atoms. The molecule has 0 bridgehead atoms. The Kier molecular flexibility index (Phi) is 4.99. The van der Waals surface area contributed by atoms with Crippen molar-refractivity contribution in [2.24, 2.45) is 4.99 Å². The van der Waals surface area contributed by atoms with Crippen molar-refractivity contribution >= 4 is 34.7 Å². The Labute approximate surface area is 185 Å². The van der Waals surface area contributed by atoms with Gasteiger partial charge in [0.2, 0.25) is 6.79 Å². The summed E-state index contributed by atoms with van der Waals surface area (Å²) in [6.45, 7) is 3.98. The Morgan fingerprint density at radius 2 is 2.16 bits per heavy atom. The number of thiazole rings is 1. The molecule has 31 heavy (non-hydrogen) atoms. The van der Waals surface area contributed by atoms with Gasteiger partial charge in [-0.15, -0.1) is 11.3 Å². The molecule has 1 atom stereocenters. The fraction of sp³-hybridized carbons (Fsp3) is 0.227. The minimum absolute atomic E-state index is 0.192. The highest BCUT2D eigenvalue weighted by Gasteiger charge is 2.33. The van der Waals surface area contributed by atoms with Crippen molar-refractivity contribution in [1.29, 1.82) is 0 Å². The Balaban J connectivity index is 1.68. The van der Waals surface area contributed by atoms with Crippen LogP contribution in [0.1, 0.15) is 30.3 Å². The Bertz CT molecular complexity index is 1380. The second kappa shape index (κ2) is 7.82. The third kappa shape index (κ3) is 3.39. The van der Waals surface area contributed by atoms with Crippen LogP contribution in [-0.2, 0) is 9.53 Å². The summed E-state index contributed by atoms with van der Waals surface area (Å²) >= 11 is 2.79. The third-order valence-corrected chi connectivity index (χ3v) is 6.93. The zero-order valence-electron chi connectivity index (χ0n) is 16.8. The maximum Gasteiger partial charge on any atom is 0.338 e. The number of thiophene rings is 1. The van der Waals surface area contributed by atoms with Gasteiger partial charge >= 0.3 is 5.97 Å². The molecule has 3 aromatic rings. The van der Waals surface area contributed by atoms with Crippen LogP contribution in [0.25, 0.3) is 6.08 Å². The average Bonchev–Trinajstić information content (AvgIpc) is 3.48. The van der Waals surface area contributed by atoms with Crippen LogP contribution in [0.2, 0.25) is 0 Å². The van der Waals surface area contributed by atoms with Crippen molar-refractivity contribution in [2.75, 3.05) is 13.4 Å². The summed E-state index contributed by atoms with van der Waals surface area (Å²) in [6, 6.07) is 8.80. The number of nitrogens with zero attached hydrogens (tertiary/aromatic N) is 2. The summed E-state index contributed by atoms with van der Waals surface area (Å²) in [7, 11) is 0. The number of fused-ring (bicyclic) bond motifs is 2. The number of carbonyl (C=O) groups excluding carboxylic acids is 1. The predicted octanol–water partition coefficient (Wildman–Crippen LogP) is 2.59. The van der Waals surface area contributed by atoms with E-state index < -0.39 is 12.0 Å². The van der Waals surface area contributed by atoms with Crippen LogP contribution in [0.15, 0.2) is 56.8 Å². The molecule has 4 heterocycles. The largest absolute Gasteiger partial charge is 0.463 e. The van der Waals surface area contributed by atoms with Crippen LogP contribution in [-0.4, -0.2) is 23.9 Å². The van der Waals surface area contributed by atoms with Crippen molar-refractivity contribution < 1.29 is 19.0 Å². The van der Waals surface area contributed by atoms with Crippen molar-refractivity contribution in [3.63, 3.8) is 0 Å². The molecule has 9 heteroatoms. The minimum Gasteiger partial charge on any atom is -0.463 e. The van der Waals surface area contributed by atoms with E-state index in [1.807, 2.05) is 35.7 Å². The number of benzene rings is 1. The molecule has 158 valence electrons. The molecule has 0 N–H and O–H groups in total. The molecule has 0 aliphatic carbocycles. The van der Waals surface area contributed by atoms with Gasteiger partial charge < -0.3 is 14.2 Å². The zero-order chi connectivity index (χ0) is 21.5. The van der Waals surface area contributed by atoms with Gasteiger partial charge in [-0.2, -0.15) is 0 Å². The molecule has 0 unspecified atom stereocenters. The fourth-order valence-electron chi connectivity index (χ4n) is 3.66. The second-order valence-corrected chi connectivity index (χ2v) is 8.92. The lowest BCUT2D eigenvalue weighted by Crippen LogP contribution is -2.39. The van der Waals surface area contributed by atoms with E-state index in [1.165, 1.54) is 22.7 Å². The first-order valence-electron chi connectivity index (χ1n) is 9.69. The van der Waals surface area contributed by atoms with Crippen LogP contribution in [0.4, 0.5) is 0 Å². The quantitative estimate of drug-likeness (QED) is 0.567. The van der Waals surface area contributed by atoms with Gasteiger partial charge in [0.15, 0.2) is 16.3 Å². The highest BCUT2D eigenvalue weighted by molar-refractivity contribution is 7.10. The molecule has 0 amide bonds. The molecule has 2 aliphatic heterocycles. The van der Waals surface area contributed by atoms with E-state index >= 15 is 0 Å². The van der Waals surface area contributed by atoms with E-state index in [2.05, 4.69) is 4.99 Å². The second-order valence-electron chi connectivity index (χ2n) is 6.93. The van der Waals surface area contributed by atoms with E-state index in [0.717, 1.165) is 10.4 Å². The van der Waals surface area contributed by atoms with Crippen LogP contribution in [0.3, 0.4) is 0 Å². The average molecular weight is 455 g/mol. The summed E-state index contributed by atoms with van der Waals surface area (Å²) < 4.78 is 18.2. The normalized spacial score (nSPS) is 17.5. The van der Waals surface area contributed by atoms with Gasteiger partial charge in [-0.1, -0.05) is 23.5 Å². The maximum absolute atomic E-state index is 13.4. The van der Waals surface area contributed by atoms with Crippen LogP contribution < -0.4 is 24.4 Å². The number of rotatable bonds is 4. The van der Waals surface area contributed by atoms with Crippen molar-refractivity contribution in [3.8, 4) is 11.5 Å². The molecule has 2 aliphatic rings. The SMILES string of the molecule is CCOC(=O)C1=C(C)N=c2sc(=Cc3ccc4c(c3)OCO4)c(=O)n2[C@H]1c1cccs1. The zero-order valence-corrected chi connectivity index (χ0v) is 18.4. The molecule has 0 saturated carbocycles. The number of ether oxygens (including phenoxy) is 3. The minimum atomic E-state index is -0.561. The number of esters is 1. The van der Waals surface area contributed by atoms with Gasteiger partial charge in [-0.05, 0) is 49.1 Å². The predicted molar refractivity (Wildman–Crippen MR) is 117 cm³/mol. The highest BCUT2D eigenvalue weighted by Crippen LogP contribution is 2.34. The van der Waals surface area contributed by atoms with Crippen molar-refractivity contribution in [1.82, 2.24) is 4.57 Å². The van der Waals surface area contributed by atoms with E-state index in [0.29, 0.717) is 32.1 Å². The third-order valence-electron chi connectivity index (χ3n) is 5.02. The first-order valence-corrected chi connectivity index (χ1v) is 11.4. The van der Waals surface area contributed by atoms with Crippen LogP contribution >= 0.6 is 22.7 Å². The summed E-state index contributed by atoms with van der Waals surface area (Å²) in [5, 5.41) is 1.93. The van der Waals surface area contributed by atoms with Crippen LogP contribution in [0.5, 0.6) is 11.5 Å². The Hall–Kier alpha value is -3.17. The van der Waals surface area contributed by atoms with Gasteiger partial charge in [0, 0.05) is 4.88 Å². The summed E-state index contributed by atoms with van der Waals surface area (Å²) in [5.41, 5.74) is 1.58. The first-order chi connectivity index (χ1) is 15.1. The fourth-order valence-corrected chi connectivity index (χ4v) is 5.53. The molecule has 1 aromatic carbocycles. The molecule has 7 nitrogen and oxygen atoms in total. The van der Waals surface area contributed by atoms with Crippen molar-refractivity contribution in [3.05, 3.63) is 77.1 Å². The number of aromatic nitrogens is 1. The molecule has 5 rings (SSSR count). The number of hydrogen-bond donors (Lipinski definition) is 0. The lowest BCUT2D eigenvalue weighted by Gasteiger charge is -2.23. The van der Waals surface area contributed by atoms with Gasteiger partial charge in [0.25, 0.3) is 5.56 Å². The highest BCUT2D eigenvalue weighted by atomic mass is 32.1. The van der Waals surface area contributed by atoms with E-state index in [4.69, 9.17) is 14.2 Å². The summed E-state index contributed by atoms with van der Waals surface area (Å²) in [5.74, 6) is 0.886. The number of allylic oxidation sites excluding steroid dienone is 1. The van der Waals surface area contributed by atoms with E-state index in [1.54, 1.807) is 24.5 Å². The Morgan fingerprint density at radius 3 is 2.94 bits per heavy atom. The summed E-state index contributed by atoms with van der Waals surface area (Å²) in [6.07, 6.45) is 1.81. The smallest absolute Gasteiger partial charge is 0.338 e. The van der Waals surface area contributed by atoms with E-state index in [9.17, 15) is 9.59 Å².